The number of hydrogen-bond acceptors (Lipinski definition) is 3. The quantitative estimate of drug-likeness (QED) is 0.872. The van der Waals surface area contributed by atoms with Crippen LogP contribution in [0.15, 0.2) is 18.2 Å². The molecule has 0 saturated heterocycles. The van der Waals surface area contributed by atoms with Gasteiger partial charge in [0.25, 0.3) is 5.91 Å². The molecule has 1 heterocycles. The van der Waals surface area contributed by atoms with E-state index in [1.807, 2.05) is 26.0 Å². The minimum atomic E-state index is -0.890. The van der Waals surface area contributed by atoms with Gasteiger partial charge in [0.05, 0.1) is 13.0 Å². The molecule has 1 N–H and O–H groups in total. The van der Waals surface area contributed by atoms with E-state index < -0.39 is 5.97 Å². The number of nitrogens with zero attached hydrogens (tertiary/aromatic N) is 1. The standard InChI is InChI=1S/C16H21NO4/c1-11(2)10-17(7-5-15(18)19)16(20)13-3-4-14-12(9-13)6-8-21-14/h3-4,9,11H,5-8,10H2,1-2H3,(H,18,19). The van der Waals surface area contributed by atoms with Crippen LogP contribution in [-0.4, -0.2) is 41.6 Å². The van der Waals surface area contributed by atoms with Crippen LogP contribution in [0.4, 0.5) is 0 Å². The summed E-state index contributed by atoms with van der Waals surface area (Å²) in [4.78, 5) is 25.0. The number of carboxylic acids is 1. The van der Waals surface area contributed by atoms with Gasteiger partial charge < -0.3 is 14.7 Å². The van der Waals surface area contributed by atoms with Gasteiger partial charge in [-0.1, -0.05) is 13.8 Å². The lowest BCUT2D eigenvalue weighted by atomic mass is 10.1. The highest BCUT2D eigenvalue weighted by molar-refractivity contribution is 5.94. The van der Waals surface area contributed by atoms with Crippen LogP contribution in [0.2, 0.25) is 0 Å². The van der Waals surface area contributed by atoms with Crippen molar-refractivity contribution in [3.63, 3.8) is 0 Å². The SMILES string of the molecule is CC(C)CN(CCC(=O)O)C(=O)c1ccc2c(c1)CCO2. The van der Waals surface area contributed by atoms with Gasteiger partial charge in [-0.25, -0.2) is 0 Å². The summed E-state index contributed by atoms with van der Waals surface area (Å²) in [6.45, 7) is 5.47. The predicted molar refractivity (Wildman–Crippen MR) is 78.6 cm³/mol. The highest BCUT2D eigenvalue weighted by atomic mass is 16.5. The first kappa shape index (κ1) is 15.4. The average Bonchev–Trinajstić information content (AvgIpc) is 2.89. The van der Waals surface area contributed by atoms with Gasteiger partial charge in [0.2, 0.25) is 0 Å². The molecular formula is C16H21NO4. The van der Waals surface area contributed by atoms with Crippen molar-refractivity contribution >= 4 is 11.9 Å². The minimum absolute atomic E-state index is 0.0352. The van der Waals surface area contributed by atoms with E-state index in [0.717, 1.165) is 17.7 Å². The van der Waals surface area contributed by atoms with E-state index >= 15 is 0 Å². The van der Waals surface area contributed by atoms with Crippen molar-refractivity contribution in [1.82, 2.24) is 4.90 Å². The molecule has 0 unspecified atom stereocenters. The molecule has 0 aromatic heterocycles. The van der Waals surface area contributed by atoms with Crippen LogP contribution in [0.1, 0.15) is 36.2 Å². The van der Waals surface area contributed by atoms with Crippen LogP contribution >= 0.6 is 0 Å². The van der Waals surface area contributed by atoms with E-state index in [4.69, 9.17) is 9.84 Å². The largest absolute Gasteiger partial charge is 0.493 e. The molecule has 5 heteroatoms. The van der Waals surface area contributed by atoms with Gasteiger partial charge in [-0.3, -0.25) is 9.59 Å². The molecule has 0 fully saturated rings. The van der Waals surface area contributed by atoms with E-state index in [9.17, 15) is 9.59 Å². The van der Waals surface area contributed by atoms with Crippen LogP contribution in [0.3, 0.4) is 0 Å². The molecule has 114 valence electrons. The second-order valence-corrected chi connectivity index (χ2v) is 5.71. The monoisotopic (exact) mass is 291 g/mol. The van der Waals surface area contributed by atoms with Crippen LogP contribution in [0.25, 0.3) is 0 Å². The summed E-state index contributed by atoms with van der Waals surface area (Å²) in [7, 11) is 0. The Balaban J connectivity index is 2.14. The number of carboxylic acid groups (broad SMARTS) is 1. The number of hydrogen-bond donors (Lipinski definition) is 1. The normalized spacial score (nSPS) is 12.9. The summed E-state index contributed by atoms with van der Waals surface area (Å²) in [5.41, 5.74) is 1.65. The van der Waals surface area contributed by atoms with Gasteiger partial charge in [-0.05, 0) is 29.7 Å². The van der Waals surface area contributed by atoms with E-state index in [-0.39, 0.29) is 18.9 Å². The number of rotatable bonds is 6. The van der Waals surface area contributed by atoms with Crippen LogP contribution in [-0.2, 0) is 11.2 Å². The summed E-state index contributed by atoms with van der Waals surface area (Å²) < 4.78 is 5.43. The summed E-state index contributed by atoms with van der Waals surface area (Å²) in [5, 5.41) is 8.82. The third kappa shape index (κ3) is 3.97. The lowest BCUT2D eigenvalue weighted by Gasteiger charge is -2.24. The Morgan fingerprint density at radius 1 is 1.38 bits per heavy atom. The molecule has 1 aromatic rings. The van der Waals surface area contributed by atoms with Gasteiger partial charge in [0.15, 0.2) is 0 Å². The molecular weight excluding hydrogens is 270 g/mol. The van der Waals surface area contributed by atoms with E-state index in [0.29, 0.717) is 24.6 Å². The smallest absolute Gasteiger partial charge is 0.305 e. The van der Waals surface area contributed by atoms with Gasteiger partial charge in [-0.15, -0.1) is 0 Å². The van der Waals surface area contributed by atoms with E-state index in [1.165, 1.54) is 0 Å². The predicted octanol–water partition coefficient (Wildman–Crippen LogP) is 2.19. The molecule has 0 atom stereocenters. The molecule has 0 radical (unpaired) electrons. The number of ether oxygens (including phenoxy) is 1. The Labute approximate surface area is 124 Å². The van der Waals surface area contributed by atoms with Gasteiger partial charge in [0.1, 0.15) is 5.75 Å². The van der Waals surface area contributed by atoms with E-state index in [1.54, 1.807) is 11.0 Å². The second-order valence-electron chi connectivity index (χ2n) is 5.71. The average molecular weight is 291 g/mol. The zero-order valence-corrected chi connectivity index (χ0v) is 12.5. The first-order chi connectivity index (χ1) is 9.97. The van der Waals surface area contributed by atoms with Crippen LogP contribution in [0.5, 0.6) is 5.75 Å². The Kier molecular flexibility index (Phi) is 4.83. The Hall–Kier alpha value is -2.04. The molecule has 5 nitrogen and oxygen atoms in total. The topological polar surface area (TPSA) is 66.8 Å². The molecule has 2 rings (SSSR count). The molecule has 21 heavy (non-hydrogen) atoms. The van der Waals surface area contributed by atoms with Crippen molar-refractivity contribution in [3.8, 4) is 5.75 Å². The number of fused-ring (bicyclic) bond motifs is 1. The van der Waals surface area contributed by atoms with Gasteiger partial charge >= 0.3 is 5.97 Å². The summed E-state index contributed by atoms with van der Waals surface area (Å²) in [5.74, 6) is 0.131. The third-order valence-corrected chi connectivity index (χ3v) is 3.40. The maximum absolute atomic E-state index is 12.6. The van der Waals surface area contributed by atoms with E-state index in [2.05, 4.69) is 0 Å². The summed E-state index contributed by atoms with van der Waals surface area (Å²) in [6, 6.07) is 5.43. The van der Waals surface area contributed by atoms with Crippen molar-refractivity contribution in [1.29, 1.82) is 0 Å². The maximum Gasteiger partial charge on any atom is 0.305 e. The molecule has 0 bridgehead atoms. The van der Waals surface area contributed by atoms with Crippen molar-refractivity contribution < 1.29 is 19.4 Å². The Bertz CT molecular complexity index is 539. The first-order valence-electron chi connectivity index (χ1n) is 7.24. The zero-order valence-electron chi connectivity index (χ0n) is 12.5. The zero-order chi connectivity index (χ0) is 15.4. The fourth-order valence-corrected chi connectivity index (χ4v) is 2.45. The number of amides is 1. The third-order valence-electron chi connectivity index (χ3n) is 3.40. The molecule has 1 aliphatic rings. The first-order valence-corrected chi connectivity index (χ1v) is 7.24. The van der Waals surface area contributed by atoms with Crippen LogP contribution in [0, 0.1) is 5.92 Å². The highest BCUT2D eigenvalue weighted by Gasteiger charge is 2.20. The molecule has 1 amide bonds. The molecule has 0 aliphatic carbocycles. The fraction of sp³-hybridized carbons (Fsp3) is 0.500. The number of benzene rings is 1. The summed E-state index contributed by atoms with van der Waals surface area (Å²) >= 11 is 0. The number of carbonyl (C=O) groups is 2. The Morgan fingerprint density at radius 2 is 2.14 bits per heavy atom. The Morgan fingerprint density at radius 3 is 2.81 bits per heavy atom. The molecule has 0 saturated carbocycles. The van der Waals surface area contributed by atoms with Crippen molar-refractivity contribution in [2.24, 2.45) is 5.92 Å². The lowest BCUT2D eigenvalue weighted by molar-refractivity contribution is -0.137. The summed E-state index contributed by atoms with van der Waals surface area (Å²) in [6.07, 6.45) is 0.780. The molecule has 1 aromatic carbocycles. The molecule has 1 aliphatic heterocycles. The minimum Gasteiger partial charge on any atom is -0.493 e. The van der Waals surface area contributed by atoms with Gasteiger partial charge in [-0.2, -0.15) is 0 Å². The number of carbonyl (C=O) groups excluding carboxylic acids is 1. The van der Waals surface area contributed by atoms with Crippen molar-refractivity contribution in [3.05, 3.63) is 29.3 Å². The van der Waals surface area contributed by atoms with Crippen LogP contribution < -0.4 is 4.74 Å². The lowest BCUT2D eigenvalue weighted by Crippen LogP contribution is -2.36. The van der Waals surface area contributed by atoms with Gasteiger partial charge in [0, 0.05) is 25.1 Å². The molecule has 0 spiro atoms. The van der Waals surface area contributed by atoms with Crippen molar-refractivity contribution in [2.45, 2.75) is 26.7 Å². The van der Waals surface area contributed by atoms with Crippen molar-refractivity contribution in [2.75, 3.05) is 19.7 Å². The maximum atomic E-state index is 12.6. The highest BCUT2D eigenvalue weighted by Crippen LogP contribution is 2.26. The number of aliphatic carboxylic acids is 1. The second kappa shape index (κ2) is 6.61. The fourth-order valence-electron chi connectivity index (χ4n) is 2.45.